The molecule has 47 heavy (non-hydrogen) atoms. The molecule has 0 aliphatic carbocycles. The Morgan fingerprint density at radius 3 is 2.57 bits per heavy atom. The number of benzene rings is 1. The van der Waals surface area contributed by atoms with Crippen LogP contribution in [-0.2, 0) is 31.0 Å². The number of carbonyl (C=O) groups excluding carboxylic acids is 3. The van der Waals surface area contributed by atoms with Gasteiger partial charge in [0.05, 0.1) is 25.0 Å². The monoisotopic (exact) mass is 688 g/mol. The van der Waals surface area contributed by atoms with Crippen molar-refractivity contribution in [3.05, 3.63) is 59.1 Å². The van der Waals surface area contributed by atoms with E-state index < -0.39 is 51.9 Å². The molecule has 4 atom stereocenters. The van der Waals surface area contributed by atoms with Gasteiger partial charge < -0.3 is 24.7 Å². The average molecular weight is 689 g/mol. The number of ether oxygens (including phenoxy) is 1. The fraction of sp³-hybridized carbons (Fsp3) is 0.531. The van der Waals surface area contributed by atoms with E-state index in [9.17, 15) is 22.8 Å². The van der Waals surface area contributed by atoms with Crippen LogP contribution in [0.2, 0.25) is 5.02 Å². The highest BCUT2D eigenvalue weighted by atomic mass is 35.5. The molecule has 15 heteroatoms. The van der Waals surface area contributed by atoms with Crippen molar-refractivity contribution in [2.24, 2.45) is 5.92 Å². The lowest BCUT2D eigenvalue weighted by Gasteiger charge is -2.30. The van der Waals surface area contributed by atoms with Gasteiger partial charge in [-0.3, -0.25) is 14.4 Å². The average Bonchev–Trinajstić information content (AvgIpc) is 3.69. The zero-order chi connectivity index (χ0) is 33.6. The number of Topliss-reactive ketones (excluding diaryl/α,β-unsaturated/α-hetero) is 1. The Morgan fingerprint density at radius 1 is 1.15 bits per heavy atom. The Hall–Kier alpha value is -3.43. The van der Waals surface area contributed by atoms with Crippen LogP contribution in [0.4, 0.5) is 0 Å². The first-order valence-electron chi connectivity index (χ1n) is 15.9. The van der Waals surface area contributed by atoms with Gasteiger partial charge in [-0.25, -0.2) is 18.1 Å². The predicted molar refractivity (Wildman–Crippen MR) is 175 cm³/mol. The SMILES string of the molecule is CC[C@H](NC(=O)[C@@H]1C[C@@H](OCc2ccc(Cl)cc2)CN1C(=O)[C@@H](CCC1CCNCC1)NS(C)(=O)=O)C(=O)c1nc2ncccc2o1. The molecular formula is C32H41ClN6O7S. The van der Waals surface area contributed by atoms with Gasteiger partial charge in [-0.1, -0.05) is 30.7 Å². The van der Waals surface area contributed by atoms with Crippen molar-refractivity contribution in [2.45, 2.75) is 76.3 Å². The second kappa shape index (κ2) is 15.6. The van der Waals surface area contributed by atoms with E-state index in [4.69, 9.17) is 20.8 Å². The normalized spacial score (nSPS) is 20.3. The molecule has 2 aromatic heterocycles. The topological polar surface area (TPSA) is 173 Å². The molecule has 0 bridgehead atoms. The molecule has 0 spiro atoms. The molecule has 5 rings (SSSR count). The van der Waals surface area contributed by atoms with E-state index in [-0.39, 0.29) is 37.5 Å². The van der Waals surface area contributed by atoms with Gasteiger partial charge in [0.25, 0.3) is 5.89 Å². The molecule has 2 aliphatic heterocycles. The number of likely N-dealkylation sites (tertiary alicyclic amines) is 1. The fourth-order valence-corrected chi connectivity index (χ4v) is 6.98. The van der Waals surface area contributed by atoms with E-state index in [0.717, 1.165) is 37.8 Å². The lowest BCUT2D eigenvalue weighted by atomic mass is 9.91. The van der Waals surface area contributed by atoms with E-state index in [0.29, 0.717) is 29.4 Å². The summed E-state index contributed by atoms with van der Waals surface area (Å²) in [4.78, 5) is 51.0. The number of oxazole rings is 1. The summed E-state index contributed by atoms with van der Waals surface area (Å²) in [5.74, 6) is -1.40. The van der Waals surface area contributed by atoms with E-state index >= 15 is 0 Å². The molecule has 0 radical (unpaired) electrons. The van der Waals surface area contributed by atoms with Gasteiger partial charge in [-0.15, -0.1) is 0 Å². The first-order valence-corrected chi connectivity index (χ1v) is 18.2. The number of hydrogen-bond donors (Lipinski definition) is 3. The number of ketones is 1. The van der Waals surface area contributed by atoms with Crippen LogP contribution in [0, 0.1) is 5.92 Å². The Morgan fingerprint density at radius 2 is 1.89 bits per heavy atom. The third kappa shape index (κ3) is 9.35. The second-order valence-electron chi connectivity index (χ2n) is 12.2. The highest BCUT2D eigenvalue weighted by Gasteiger charge is 2.43. The summed E-state index contributed by atoms with van der Waals surface area (Å²) in [5, 5.41) is 6.69. The minimum absolute atomic E-state index is 0.0708. The van der Waals surface area contributed by atoms with Crippen molar-refractivity contribution >= 4 is 50.5 Å². The van der Waals surface area contributed by atoms with Gasteiger partial charge >= 0.3 is 0 Å². The van der Waals surface area contributed by atoms with Crippen molar-refractivity contribution < 1.29 is 32.0 Å². The van der Waals surface area contributed by atoms with E-state index in [2.05, 4.69) is 25.3 Å². The molecule has 13 nitrogen and oxygen atoms in total. The van der Waals surface area contributed by atoms with Crippen LogP contribution in [0.5, 0.6) is 0 Å². The Kier molecular flexibility index (Phi) is 11.6. The first-order chi connectivity index (χ1) is 22.5. The van der Waals surface area contributed by atoms with Gasteiger partial charge in [0.2, 0.25) is 27.6 Å². The first kappa shape index (κ1) is 34.9. The molecule has 254 valence electrons. The van der Waals surface area contributed by atoms with Crippen LogP contribution in [0.1, 0.15) is 61.7 Å². The van der Waals surface area contributed by atoms with Crippen LogP contribution in [0.25, 0.3) is 11.2 Å². The van der Waals surface area contributed by atoms with E-state index in [1.54, 1.807) is 31.2 Å². The smallest absolute Gasteiger partial charge is 0.268 e. The number of fused-ring (bicyclic) bond motifs is 1. The molecule has 0 saturated carbocycles. The van der Waals surface area contributed by atoms with Crippen LogP contribution in [0.15, 0.2) is 47.0 Å². The number of pyridine rings is 1. The second-order valence-corrected chi connectivity index (χ2v) is 14.4. The maximum absolute atomic E-state index is 14.1. The number of halogens is 1. The molecule has 2 saturated heterocycles. The lowest BCUT2D eigenvalue weighted by molar-refractivity contribution is -0.140. The summed E-state index contributed by atoms with van der Waals surface area (Å²) < 4.78 is 39.0. The summed E-state index contributed by atoms with van der Waals surface area (Å²) in [5.41, 5.74) is 1.49. The van der Waals surface area contributed by atoms with Crippen LogP contribution in [0.3, 0.4) is 0 Å². The van der Waals surface area contributed by atoms with Gasteiger partial charge in [0.15, 0.2) is 11.2 Å². The lowest BCUT2D eigenvalue weighted by Crippen LogP contribution is -2.55. The minimum atomic E-state index is -3.75. The number of sulfonamides is 1. The van der Waals surface area contributed by atoms with E-state index in [1.165, 1.54) is 11.1 Å². The zero-order valence-corrected chi connectivity index (χ0v) is 28.1. The molecule has 3 aromatic rings. The molecular weight excluding hydrogens is 648 g/mol. The number of aromatic nitrogens is 2. The number of carbonyl (C=O) groups is 3. The quantitative estimate of drug-likeness (QED) is 0.214. The van der Waals surface area contributed by atoms with Crippen LogP contribution in [-0.4, -0.2) is 91.0 Å². The molecule has 2 fully saturated rings. The maximum atomic E-state index is 14.1. The highest BCUT2D eigenvalue weighted by molar-refractivity contribution is 7.88. The molecule has 1 aromatic carbocycles. The van der Waals surface area contributed by atoms with E-state index in [1.807, 2.05) is 12.1 Å². The van der Waals surface area contributed by atoms with Crippen molar-refractivity contribution in [3.63, 3.8) is 0 Å². The van der Waals surface area contributed by atoms with Gasteiger partial charge in [-0.05, 0) is 80.9 Å². The van der Waals surface area contributed by atoms with Crippen LogP contribution < -0.4 is 15.4 Å². The summed E-state index contributed by atoms with van der Waals surface area (Å²) in [7, 11) is -3.75. The predicted octanol–water partition coefficient (Wildman–Crippen LogP) is 2.84. The summed E-state index contributed by atoms with van der Waals surface area (Å²) in [6.45, 7) is 3.79. The molecule has 0 unspecified atom stereocenters. The molecule has 3 N–H and O–H groups in total. The molecule has 2 amide bonds. The molecule has 2 aliphatic rings. The zero-order valence-electron chi connectivity index (χ0n) is 26.5. The summed E-state index contributed by atoms with van der Waals surface area (Å²) in [6.07, 6.45) is 5.26. The Bertz CT molecular complexity index is 1630. The number of piperidine rings is 1. The third-order valence-electron chi connectivity index (χ3n) is 8.64. The Balaban J connectivity index is 1.34. The summed E-state index contributed by atoms with van der Waals surface area (Å²) in [6, 6.07) is 7.42. The molecule has 4 heterocycles. The Labute approximate surface area is 279 Å². The number of nitrogens with zero attached hydrogens (tertiary/aromatic N) is 3. The van der Waals surface area contributed by atoms with Crippen molar-refractivity contribution in [1.82, 2.24) is 30.2 Å². The highest BCUT2D eigenvalue weighted by Crippen LogP contribution is 2.26. The number of nitrogens with one attached hydrogen (secondary N) is 3. The number of hydrogen-bond acceptors (Lipinski definition) is 10. The van der Waals surface area contributed by atoms with Gasteiger partial charge in [0.1, 0.15) is 12.1 Å². The van der Waals surface area contributed by atoms with Crippen molar-refractivity contribution in [2.75, 3.05) is 25.9 Å². The van der Waals surface area contributed by atoms with Gasteiger partial charge in [-0.2, -0.15) is 4.98 Å². The van der Waals surface area contributed by atoms with Crippen LogP contribution >= 0.6 is 11.6 Å². The largest absolute Gasteiger partial charge is 0.432 e. The van der Waals surface area contributed by atoms with Crippen molar-refractivity contribution in [1.29, 1.82) is 0 Å². The van der Waals surface area contributed by atoms with Crippen molar-refractivity contribution in [3.8, 4) is 0 Å². The maximum Gasteiger partial charge on any atom is 0.268 e. The number of amides is 2. The minimum Gasteiger partial charge on any atom is -0.432 e. The third-order valence-corrected chi connectivity index (χ3v) is 9.61. The van der Waals surface area contributed by atoms with Gasteiger partial charge in [0, 0.05) is 24.2 Å². The fourth-order valence-electron chi connectivity index (χ4n) is 6.11. The number of rotatable bonds is 14. The summed E-state index contributed by atoms with van der Waals surface area (Å²) >= 11 is 6.01. The standard InChI is InChI=1S/C32H41ClN6O7S/c1-3-24(28(40)31-37-29-27(46-31)5-4-14-35-29)36-30(41)26-17-23(45-19-21-6-9-22(33)10-7-21)18-39(26)32(42)25(38-47(2,43)44)11-8-20-12-15-34-16-13-20/h4-7,9-10,14,20,23-26,34,38H,3,8,11-13,15-19H2,1-2H3,(H,36,41)/t23-,24+,25-,26+/m1/s1.